The predicted octanol–water partition coefficient (Wildman–Crippen LogP) is 4.47. The fourth-order valence-corrected chi connectivity index (χ4v) is 1.84. The Morgan fingerprint density at radius 2 is 2.22 bits per heavy atom. The molecule has 1 aromatic rings. The highest BCUT2D eigenvalue weighted by Gasteiger charge is 2.05. The van der Waals surface area contributed by atoms with Crippen molar-refractivity contribution in [1.29, 1.82) is 0 Å². The van der Waals surface area contributed by atoms with Crippen molar-refractivity contribution in [2.24, 2.45) is 0 Å². The van der Waals surface area contributed by atoms with Crippen LogP contribution in [0.3, 0.4) is 0 Å². The molecule has 0 aliphatic rings. The maximum atomic E-state index is 5.76. The zero-order valence-electron chi connectivity index (χ0n) is 11.0. The van der Waals surface area contributed by atoms with Gasteiger partial charge in [0.15, 0.2) is 0 Å². The van der Waals surface area contributed by atoms with Crippen LogP contribution in [0.25, 0.3) is 0 Å². The van der Waals surface area contributed by atoms with E-state index in [0.717, 1.165) is 27.9 Å². The summed E-state index contributed by atoms with van der Waals surface area (Å²) < 4.78 is 6.82. The van der Waals surface area contributed by atoms with E-state index in [0.29, 0.717) is 12.6 Å². The maximum Gasteiger partial charge on any atom is 0.124 e. The molecule has 2 nitrogen and oxygen atoms in total. The summed E-state index contributed by atoms with van der Waals surface area (Å²) in [6.45, 7) is 7.49. The van der Waals surface area contributed by atoms with Crippen molar-refractivity contribution >= 4 is 27.5 Å². The summed E-state index contributed by atoms with van der Waals surface area (Å²) in [5.41, 5.74) is 3.69. The van der Waals surface area contributed by atoms with Crippen LogP contribution in [0.1, 0.15) is 26.3 Å². The number of rotatable bonds is 6. The molecule has 1 N–H and O–H groups in total. The van der Waals surface area contributed by atoms with Gasteiger partial charge in [-0.15, -0.1) is 0 Å². The van der Waals surface area contributed by atoms with Crippen LogP contribution in [0.5, 0.6) is 5.75 Å². The van der Waals surface area contributed by atoms with Crippen molar-refractivity contribution in [3.63, 3.8) is 0 Å². The van der Waals surface area contributed by atoms with Crippen molar-refractivity contribution < 1.29 is 4.74 Å². The molecule has 0 aliphatic heterocycles. The Kier molecular flexibility index (Phi) is 6.76. The topological polar surface area (TPSA) is 21.3 Å². The van der Waals surface area contributed by atoms with E-state index in [2.05, 4.69) is 41.2 Å². The number of hydrogen-bond donors (Lipinski definition) is 1. The van der Waals surface area contributed by atoms with Crippen LogP contribution in [-0.4, -0.2) is 12.6 Å². The van der Waals surface area contributed by atoms with Crippen LogP contribution in [0.15, 0.2) is 33.8 Å². The number of nitrogens with one attached hydrogen (secondary N) is 1. The molecule has 0 saturated carbocycles. The molecule has 0 aromatic heterocycles. The first-order chi connectivity index (χ1) is 8.52. The number of benzene rings is 1. The molecule has 0 heterocycles. The minimum atomic E-state index is 0.446. The first-order valence-corrected chi connectivity index (χ1v) is 7.16. The van der Waals surface area contributed by atoms with E-state index in [4.69, 9.17) is 16.3 Å². The van der Waals surface area contributed by atoms with Gasteiger partial charge in [-0.3, -0.25) is 0 Å². The van der Waals surface area contributed by atoms with Gasteiger partial charge in [-0.05, 0) is 30.7 Å². The lowest BCUT2D eigenvalue weighted by Crippen LogP contribution is -2.22. The standard InChI is InChI=1S/C14H19BrClNO/c1-10(2)17-8-12-6-13(15)4-5-14(12)18-9-11(3)7-16/h4-7,10,17H,8-9H2,1-3H3/b11-7+. The SMILES string of the molecule is C/C(=C\Cl)COc1ccc(Br)cc1CNC(C)C. The molecule has 100 valence electrons. The highest BCUT2D eigenvalue weighted by Crippen LogP contribution is 2.23. The van der Waals surface area contributed by atoms with Gasteiger partial charge in [0.05, 0.1) is 0 Å². The van der Waals surface area contributed by atoms with Crippen LogP contribution < -0.4 is 10.1 Å². The van der Waals surface area contributed by atoms with Crippen LogP contribution in [0.2, 0.25) is 0 Å². The van der Waals surface area contributed by atoms with Crippen LogP contribution >= 0.6 is 27.5 Å². The lowest BCUT2D eigenvalue weighted by molar-refractivity contribution is 0.346. The summed E-state index contributed by atoms with van der Waals surface area (Å²) in [6, 6.07) is 6.47. The molecular weight excluding hydrogens is 314 g/mol. The third-order valence-corrected chi connectivity index (χ3v) is 3.23. The van der Waals surface area contributed by atoms with E-state index in [9.17, 15) is 0 Å². The molecule has 0 saturated heterocycles. The van der Waals surface area contributed by atoms with Crippen molar-refractivity contribution in [2.75, 3.05) is 6.61 Å². The van der Waals surface area contributed by atoms with Gasteiger partial charge in [-0.1, -0.05) is 41.4 Å². The highest BCUT2D eigenvalue weighted by atomic mass is 79.9. The fourth-order valence-electron chi connectivity index (χ4n) is 1.36. The molecule has 0 aliphatic carbocycles. The van der Waals surface area contributed by atoms with Crippen molar-refractivity contribution in [2.45, 2.75) is 33.4 Å². The number of halogens is 2. The van der Waals surface area contributed by atoms with Gasteiger partial charge in [0.25, 0.3) is 0 Å². The first kappa shape index (κ1) is 15.5. The Labute approximate surface area is 122 Å². The van der Waals surface area contributed by atoms with E-state index < -0.39 is 0 Å². The van der Waals surface area contributed by atoms with Gasteiger partial charge in [-0.25, -0.2) is 0 Å². The van der Waals surface area contributed by atoms with E-state index >= 15 is 0 Å². The average Bonchev–Trinajstić information content (AvgIpc) is 2.34. The third kappa shape index (κ3) is 5.42. The van der Waals surface area contributed by atoms with E-state index in [-0.39, 0.29) is 0 Å². The quantitative estimate of drug-likeness (QED) is 0.830. The average molecular weight is 333 g/mol. The summed E-state index contributed by atoms with van der Waals surface area (Å²) in [4.78, 5) is 0. The summed E-state index contributed by atoms with van der Waals surface area (Å²) in [7, 11) is 0. The molecule has 1 rings (SSSR count). The highest BCUT2D eigenvalue weighted by molar-refractivity contribution is 9.10. The van der Waals surface area contributed by atoms with Gasteiger partial charge in [0, 0.05) is 28.2 Å². The monoisotopic (exact) mass is 331 g/mol. The predicted molar refractivity (Wildman–Crippen MR) is 81.2 cm³/mol. The summed E-state index contributed by atoms with van der Waals surface area (Å²) in [6.07, 6.45) is 0. The summed E-state index contributed by atoms with van der Waals surface area (Å²) >= 11 is 9.11. The molecule has 4 heteroatoms. The van der Waals surface area contributed by atoms with Crippen LogP contribution in [0.4, 0.5) is 0 Å². The summed E-state index contributed by atoms with van der Waals surface area (Å²) in [5, 5.41) is 3.39. The second-order valence-electron chi connectivity index (χ2n) is 4.53. The van der Waals surface area contributed by atoms with Crippen molar-refractivity contribution in [1.82, 2.24) is 5.32 Å². The molecule has 0 bridgehead atoms. The molecule has 18 heavy (non-hydrogen) atoms. The second-order valence-corrected chi connectivity index (χ2v) is 5.67. The Morgan fingerprint density at radius 1 is 1.50 bits per heavy atom. The Balaban J connectivity index is 2.76. The Bertz CT molecular complexity index is 418. The third-order valence-electron chi connectivity index (χ3n) is 2.36. The van der Waals surface area contributed by atoms with Crippen molar-refractivity contribution in [3.8, 4) is 5.75 Å². The van der Waals surface area contributed by atoms with Crippen LogP contribution in [0, 0.1) is 0 Å². The largest absolute Gasteiger partial charge is 0.489 e. The van der Waals surface area contributed by atoms with Gasteiger partial charge >= 0.3 is 0 Å². The normalized spacial score (nSPS) is 12.0. The number of hydrogen-bond acceptors (Lipinski definition) is 2. The van der Waals surface area contributed by atoms with Gasteiger partial charge < -0.3 is 10.1 Å². The van der Waals surface area contributed by atoms with E-state index in [1.54, 1.807) is 5.54 Å². The molecular formula is C14H19BrClNO. The maximum absolute atomic E-state index is 5.76. The van der Waals surface area contributed by atoms with E-state index in [1.165, 1.54) is 0 Å². The van der Waals surface area contributed by atoms with Gasteiger partial charge in [0.1, 0.15) is 12.4 Å². The van der Waals surface area contributed by atoms with Gasteiger partial charge in [-0.2, -0.15) is 0 Å². The second kappa shape index (κ2) is 7.82. The molecule has 0 spiro atoms. The molecule has 0 unspecified atom stereocenters. The molecule has 0 amide bonds. The molecule has 0 radical (unpaired) electrons. The Hall–Kier alpha value is -0.510. The van der Waals surface area contributed by atoms with Crippen LogP contribution in [-0.2, 0) is 6.54 Å². The molecule has 0 fully saturated rings. The number of ether oxygens (including phenoxy) is 1. The fraction of sp³-hybridized carbons (Fsp3) is 0.429. The lowest BCUT2D eigenvalue weighted by atomic mass is 10.2. The summed E-state index contributed by atoms with van der Waals surface area (Å²) in [5.74, 6) is 0.893. The molecule has 0 atom stereocenters. The minimum Gasteiger partial charge on any atom is -0.489 e. The van der Waals surface area contributed by atoms with E-state index in [1.807, 2.05) is 19.1 Å². The molecule has 1 aromatic carbocycles. The Morgan fingerprint density at radius 3 is 2.83 bits per heavy atom. The minimum absolute atomic E-state index is 0.446. The van der Waals surface area contributed by atoms with Gasteiger partial charge in [0.2, 0.25) is 0 Å². The first-order valence-electron chi connectivity index (χ1n) is 5.93. The smallest absolute Gasteiger partial charge is 0.124 e. The zero-order valence-corrected chi connectivity index (χ0v) is 13.3. The lowest BCUT2D eigenvalue weighted by Gasteiger charge is -2.14. The zero-order chi connectivity index (χ0) is 13.5. The van der Waals surface area contributed by atoms with Crippen molar-refractivity contribution in [3.05, 3.63) is 39.3 Å².